The van der Waals surface area contributed by atoms with Gasteiger partial charge in [-0.1, -0.05) is 11.6 Å². The highest BCUT2D eigenvalue weighted by Crippen LogP contribution is 2.30. The van der Waals surface area contributed by atoms with E-state index < -0.39 is 0 Å². The zero-order chi connectivity index (χ0) is 16.9. The van der Waals surface area contributed by atoms with E-state index in [1.54, 1.807) is 18.2 Å². The van der Waals surface area contributed by atoms with Crippen molar-refractivity contribution in [3.63, 3.8) is 0 Å². The molecule has 1 unspecified atom stereocenters. The lowest BCUT2D eigenvalue weighted by Gasteiger charge is -2.19. The first-order chi connectivity index (χ1) is 11.7. The number of nitrogens with zero attached hydrogens (tertiary/aromatic N) is 1. The second-order valence-electron chi connectivity index (χ2n) is 6.59. The first-order valence-corrected chi connectivity index (χ1v) is 8.67. The molecule has 1 amide bonds. The van der Waals surface area contributed by atoms with E-state index in [2.05, 4.69) is 30.1 Å². The molecule has 2 aliphatic rings. The summed E-state index contributed by atoms with van der Waals surface area (Å²) in [7, 11) is 0. The fraction of sp³-hybridized carbons (Fsp3) is 0.526. The number of likely N-dealkylation sites (tertiary alicyclic amines) is 1. The van der Waals surface area contributed by atoms with Crippen molar-refractivity contribution < 1.29 is 14.3 Å². The Hall–Kier alpha value is -2.01. The van der Waals surface area contributed by atoms with Gasteiger partial charge in [-0.15, -0.1) is 0 Å². The fourth-order valence-electron chi connectivity index (χ4n) is 3.19. The van der Waals surface area contributed by atoms with E-state index in [-0.39, 0.29) is 5.91 Å². The van der Waals surface area contributed by atoms with Crippen LogP contribution >= 0.6 is 0 Å². The van der Waals surface area contributed by atoms with Crippen LogP contribution in [0.3, 0.4) is 0 Å². The Bertz CT molecular complexity index is 627. The zero-order valence-electron chi connectivity index (χ0n) is 14.5. The number of carbonyl (C=O) groups is 1. The molecule has 5 heteroatoms. The van der Waals surface area contributed by atoms with Crippen LogP contribution in [0.15, 0.2) is 29.8 Å². The lowest BCUT2D eigenvalue weighted by Crippen LogP contribution is -2.31. The van der Waals surface area contributed by atoms with E-state index in [0.717, 1.165) is 32.6 Å². The van der Waals surface area contributed by atoms with Gasteiger partial charge in [0, 0.05) is 25.2 Å². The molecule has 1 N–H and O–H groups in total. The summed E-state index contributed by atoms with van der Waals surface area (Å²) in [5, 5.41) is 3.06. The van der Waals surface area contributed by atoms with Crippen molar-refractivity contribution >= 4 is 5.91 Å². The van der Waals surface area contributed by atoms with E-state index in [1.165, 1.54) is 5.57 Å². The monoisotopic (exact) mass is 330 g/mol. The standard InChI is InChI=1S/C19H26N2O3/c1-3-14(2)12-21-7-6-15(13-21)11-20-19(22)16-4-5-17-18(10-16)24-9-8-23-17/h3-5,10,15H,6-9,11-13H2,1-2H3,(H,20,22)/b14-3+. The number of carbonyl (C=O) groups excluding carboxylic acids is 1. The molecule has 1 aromatic rings. The predicted molar refractivity (Wildman–Crippen MR) is 93.7 cm³/mol. The molecule has 1 aromatic carbocycles. The molecule has 2 heterocycles. The van der Waals surface area contributed by atoms with Crippen molar-refractivity contribution in [2.24, 2.45) is 5.92 Å². The summed E-state index contributed by atoms with van der Waals surface area (Å²) in [6.45, 7) is 9.24. The molecule has 0 aliphatic carbocycles. The molecule has 130 valence electrons. The van der Waals surface area contributed by atoms with Crippen LogP contribution in [-0.2, 0) is 0 Å². The molecule has 0 bridgehead atoms. The molecule has 1 fully saturated rings. The summed E-state index contributed by atoms with van der Waals surface area (Å²) in [5.74, 6) is 1.84. The minimum absolute atomic E-state index is 0.0462. The van der Waals surface area contributed by atoms with Gasteiger partial charge >= 0.3 is 0 Å². The second-order valence-corrected chi connectivity index (χ2v) is 6.59. The minimum Gasteiger partial charge on any atom is -0.486 e. The summed E-state index contributed by atoms with van der Waals surface area (Å²) in [6.07, 6.45) is 3.30. The lowest BCUT2D eigenvalue weighted by molar-refractivity contribution is 0.0946. The van der Waals surface area contributed by atoms with E-state index in [0.29, 0.717) is 36.2 Å². The molecule has 5 nitrogen and oxygen atoms in total. The van der Waals surface area contributed by atoms with Crippen LogP contribution in [0, 0.1) is 5.92 Å². The van der Waals surface area contributed by atoms with Gasteiger partial charge in [0.15, 0.2) is 11.5 Å². The summed E-state index contributed by atoms with van der Waals surface area (Å²) in [5.41, 5.74) is 2.02. The Kier molecular flexibility index (Phi) is 5.41. The first kappa shape index (κ1) is 16.8. The highest BCUT2D eigenvalue weighted by Gasteiger charge is 2.23. The molecule has 1 saturated heterocycles. The van der Waals surface area contributed by atoms with E-state index in [1.807, 2.05) is 0 Å². The largest absolute Gasteiger partial charge is 0.486 e. The number of fused-ring (bicyclic) bond motifs is 1. The Labute approximate surface area is 143 Å². The van der Waals surface area contributed by atoms with Crippen molar-refractivity contribution in [3.05, 3.63) is 35.4 Å². The number of rotatable bonds is 5. The number of ether oxygens (including phenoxy) is 2. The number of nitrogens with one attached hydrogen (secondary N) is 1. The zero-order valence-corrected chi connectivity index (χ0v) is 14.5. The highest BCUT2D eigenvalue weighted by molar-refractivity contribution is 5.94. The van der Waals surface area contributed by atoms with Crippen molar-refractivity contribution in [2.75, 3.05) is 39.4 Å². The van der Waals surface area contributed by atoms with Crippen LogP contribution in [0.4, 0.5) is 0 Å². The van der Waals surface area contributed by atoms with Crippen LogP contribution < -0.4 is 14.8 Å². The third kappa shape index (κ3) is 4.09. The Morgan fingerprint density at radius 3 is 2.92 bits per heavy atom. The summed E-state index contributed by atoms with van der Waals surface area (Å²) in [4.78, 5) is 14.8. The Morgan fingerprint density at radius 1 is 1.33 bits per heavy atom. The molecule has 0 saturated carbocycles. The molecule has 0 spiro atoms. The fourth-order valence-corrected chi connectivity index (χ4v) is 3.19. The van der Waals surface area contributed by atoms with Gasteiger partial charge in [0.2, 0.25) is 0 Å². The molecule has 0 aromatic heterocycles. The first-order valence-electron chi connectivity index (χ1n) is 8.67. The topological polar surface area (TPSA) is 50.8 Å². The normalized spacial score (nSPS) is 20.9. The summed E-state index contributed by atoms with van der Waals surface area (Å²) >= 11 is 0. The number of allylic oxidation sites excluding steroid dienone is 1. The molecule has 24 heavy (non-hydrogen) atoms. The van der Waals surface area contributed by atoms with Crippen molar-refractivity contribution in [1.82, 2.24) is 10.2 Å². The molecule has 2 aliphatic heterocycles. The average molecular weight is 330 g/mol. The number of hydrogen-bond acceptors (Lipinski definition) is 4. The Morgan fingerprint density at radius 2 is 2.12 bits per heavy atom. The number of amides is 1. The molecule has 3 rings (SSSR count). The van der Waals surface area contributed by atoms with Gasteiger partial charge in [0.25, 0.3) is 5.91 Å². The van der Waals surface area contributed by atoms with E-state index in [9.17, 15) is 4.79 Å². The number of hydrogen-bond donors (Lipinski definition) is 1. The van der Waals surface area contributed by atoms with Crippen molar-refractivity contribution in [2.45, 2.75) is 20.3 Å². The van der Waals surface area contributed by atoms with Gasteiger partial charge in [-0.25, -0.2) is 0 Å². The number of benzene rings is 1. The highest BCUT2D eigenvalue weighted by atomic mass is 16.6. The van der Waals surface area contributed by atoms with Crippen LogP contribution in [0.1, 0.15) is 30.6 Å². The third-order valence-electron chi connectivity index (χ3n) is 4.69. The van der Waals surface area contributed by atoms with E-state index >= 15 is 0 Å². The smallest absolute Gasteiger partial charge is 0.251 e. The van der Waals surface area contributed by atoms with Crippen molar-refractivity contribution in [1.29, 1.82) is 0 Å². The van der Waals surface area contributed by atoms with E-state index in [4.69, 9.17) is 9.47 Å². The van der Waals surface area contributed by atoms with Crippen LogP contribution in [0.25, 0.3) is 0 Å². The van der Waals surface area contributed by atoms with Gasteiger partial charge in [-0.05, 0) is 50.9 Å². The minimum atomic E-state index is -0.0462. The maximum atomic E-state index is 12.4. The van der Waals surface area contributed by atoms with Gasteiger partial charge < -0.3 is 14.8 Å². The maximum Gasteiger partial charge on any atom is 0.251 e. The van der Waals surface area contributed by atoms with Crippen LogP contribution in [0.5, 0.6) is 11.5 Å². The van der Waals surface area contributed by atoms with Crippen LogP contribution in [0.2, 0.25) is 0 Å². The maximum absolute atomic E-state index is 12.4. The van der Waals surface area contributed by atoms with Gasteiger partial charge in [0.1, 0.15) is 13.2 Å². The van der Waals surface area contributed by atoms with Gasteiger partial charge in [-0.3, -0.25) is 9.69 Å². The van der Waals surface area contributed by atoms with Crippen LogP contribution in [-0.4, -0.2) is 50.2 Å². The van der Waals surface area contributed by atoms with Crippen molar-refractivity contribution in [3.8, 4) is 11.5 Å². The third-order valence-corrected chi connectivity index (χ3v) is 4.69. The average Bonchev–Trinajstić information content (AvgIpc) is 3.06. The Balaban J connectivity index is 1.49. The van der Waals surface area contributed by atoms with Gasteiger partial charge in [0.05, 0.1) is 0 Å². The molecular weight excluding hydrogens is 304 g/mol. The lowest BCUT2D eigenvalue weighted by atomic mass is 10.1. The predicted octanol–water partition coefficient (Wildman–Crippen LogP) is 2.48. The molecule has 1 atom stereocenters. The summed E-state index contributed by atoms with van der Waals surface area (Å²) < 4.78 is 11.0. The van der Waals surface area contributed by atoms with Gasteiger partial charge in [-0.2, -0.15) is 0 Å². The SMILES string of the molecule is C/C=C(\C)CN1CCC(CNC(=O)c2ccc3c(c2)OCCO3)C1. The quantitative estimate of drug-likeness (QED) is 0.843. The molecule has 0 radical (unpaired) electrons. The molecular formula is C19H26N2O3. The second kappa shape index (κ2) is 7.71. The summed E-state index contributed by atoms with van der Waals surface area (Å²) in [6, 6.07) is 5.36.